The van der Waals surface area contributed by atoms with Gasteiger partial charge in [0.2, 0.25) is 11.8 Å². The van der Waals surface area contributed by atoms with E-state index in [0.717, 1.165) is 24.3 Å². The lowest BCUT2D eigenvalue weighted by atomic mass is 10.1. The topological polar surface area (TPSA) is 87.5 Å². The molecule has 6 nitrogen and oxygen atoms in total. The maximum Gasteiger partial charge on any atom is 0.238 e. The van der Waals surface area contributed by atoms with Crippen LogP contribution in [0.1, 0.15) is 37.7 Å². The Bertz CT molecular complexity index is 812. The molecule has 154 valence electrons. The van der Waals surface area contributed by atoms with Crippen molar-refractivity contribution in [3.63, 3.8) is 0 Å². The Morgan fingerprint density at radius 3 is 2.03 bits per heavy atom. The molecule has 0 unspecified atom stereocenters. The monoisotopic (exact) mass is 394 g/mol. The number of rotatable bonds is 7. The number of hydrogen-bond acceptors (Lipinski definition) is 4. The van der Waals surface area contributed by atoms with Gasteiger partial charge >= 0.3 is 0 Å². The number of likely N-dealkylation sites (tertiary alicyclic amines) is 1. The van der Waals surface area contributed by atoms with Gasteiger partial charge in [-0.1, -0.05) is 31.0 Å². The Morgan fingerprint density at radius 2 is 1.41 bits per heavy atom. The van der Waals surface area contributed by atoms with Gasteiger partial charge in [0.1, 0.15) is 0 Å². The highest BCUT2D eigenvalue weighted by atomic mass is 16.2. The maximum atomic E-state index is 12.3. The van der Waals surface area contributed by atoms with Crippen LogP contribution in [-0.2, 0) is 16.0 Å². The fourth-order valence-electron chi connectivity index (χ4n) is 3.57. The van der Waals surface area contributed by atoms with Crippen molar-refractivity contribution in [3.8, 4) is 0 Å². The number of nitrogens with zero attached hydrogens (tertiary/aromatic N) is 1. The van der Waals surface area contributed by atoms with Crippen LogP contribution in [0.5, 0.6) is 0 Å². The van der Waals surface area contributed by atoms with Crippen LogP contribution in [0.4, 0.5) is 17.1 Å². The molecule has 0 saturated carbocycles. The molecule has 1 saturated heterocycles. The first-order chi connectivity index (χ1) is 14.1. The van der Waals surface area contributed by atoms with Crippen molar-refractivity contribution in [2.24, 2.45) is 0 Å². The summed E-state index contributed by atoms with van der Waals surface area (Å²) in [6.45, 7) is 2.42. The number of nitrogens with two attached hydrogens (primary N) is 1. The third kappa shape index (κ3) is 6.91. The largest absolute Gasteiger partial charge is 0.399 e. The van der Waals surface area contributed by atoms with Crippen molar-refractivity contribution in [2.45, 2.75) is 38.5 Å². The number of hydrogen-bond donors (Lipinski definition) is 3. The molecule has 1 aliphatic rings. The highest BCUT2D eigenvalue weighted by Gasteiger charge is 2.13. The smallest absolute Gasteiger partial charge is 0.238 e. The van der Waals surface area contributed by atoms with Crippen molar-refractivity contribution < 1.29 is 9.59 Å². The van der Waals surface area contributed by atoms with Crippen LogP contribution in [0, 0.1) is 0 Å². The third-order valence-corrected chi connectivity index (χ3v) is 5.19. The van der Waals surface area contributed by atoms with E-state index in [1.165, 1.54) is 25.7 Å². The van der Waals surface area contributed by atoms with Crippen molar-refractivity contribution >= 4 is 28.9 Å². The Kier molecular flexibility index (Phi) is 7.64. The summed E-state index contributed by atoms with van der Waals surface area (Å²) >= 11 is 0. The molecule has 2 amide bonds. The predicted molar refractivity (Wildman–Crippen MR) is 118 cm³/mol. The molecule has 3 rings (SSSR count). The van der Waals surface area contributed by atoms with Crippen LogP contribution in [0.25, 0.3) is 0 Å². The number of aryl methyl sites for hydroxylation is 1. The second-order valence-corrected chi connectivity index (χ2v) is 7.56. The number of carbonyl (C=O) groups excluding carboxylic acids is 2. The molecule has 0 aliphatic carbocycles. The number of nitrogens with one attached hydrogen (secondary N) is 2. The lowest BCUT2D eigenvalue weighted by molar-refractivity contribution is -0.117. The van der Waals surface area contributed by atoms with Gasteiger partial charge in [-0.3, -0.25) is 14.5 Å². The molecule has 6 heteroatoms. The zero-order chi connectivity index (χ0) is 20.5. The first-order valence-corrected chi connectivity index (χ1v) is 10.4. The Labute approximate surface area is 172 Å². The molecule has 1 aliphatic heterocycles. The molecular weight excluding hydrogens is 364 g/mol. The number of anilines is 3. The van der Waals surface area contributed by atoms with Crippen LogP contribution < -0.4 is 16.4 Å². The molecule has 0 bridgehead atoms. The zero-order valence-electron chi connectivity index (χ0n) is 16.8. The van der Waals surface area contributed by atoms with E-state index in [9.17, 15) is 9.59 Å². The summed E-state index contributed by atoms with van der Waals surface area (Å²) in [5.74, 6) is -0.0599. The highest BCUT2D eigenvalue weighted by molar-refractivity contribution is 5.93. The Balaban J connectivity index is 1.43. The van der Waals surface area contributed by atoms with Crippen molar-refractivity contribution in [2.75, 3.05) is 36.0 Å². The van der Waals surface area contributed by atoms with Crippen LogP contribution in [-0.4, -0.2) is 36.3 Å². The van der Waals surface area contributed by atoms with Gasteiger partial charge in [-0.2, -0.15) is 0 Å². The number of amides is 2. The van der Waals surface area contributed by atoms with E-state index >= 15 is 0 Å². The minimum absolute atomic E-state index is 0.00383. The summed E-state index contributed by atoms with van der Waals surface area (Å²) < 4.78 is 0. The van der Waals surface area contributed by atoms with Gasteiger partial charge in [-0.25, -0.2) is 0 Å². The lowest BCUT2D eigenvalue weighted by Crippen LogP contribution is -2.33. The van der Waals surface area contributed by atoms with Gasteiger partial charge in [-0.05, 0) is 68.2 Å². The van der Waals surface area contributed by atoms with Gasteiger partial charge in [0.05, 0.1) is 6.54 Å². The van der Waals surface area contributed by atoms with E-state index in [2.05, 4.69) is 15.5 Å². The minimum atomic E-state index is -0.0637. The molecular formula is C23H30N4O2. The summed E-state index contributed by atoms with van der Waals surface area (Å²) in [7, 11) is 0. The quantitative estimate of drug-likeness (QED) is 0.626. The number of para-hydroxylation sites is 1. The molecule has 2 aromatic carbocycles. The van der Waals surface area contributed by atoms with Gasteiger partial charge < -0.3 is 16.4 Å². The average Bonchev–Trinajstić information content (AvgIpc) is 2.97. The van der Waals surface area contributed by atoms with Gasteiger partial charge in [0.25, 0.3) is 0 Å². The van der Waals surface area contributed by atoms with E-state index in [-0.39, 0.29) is 11.8 Å². The van der Waals surface area contributed by atoms with Gasteiger partial charge in [-0.15, -0.1) is 0 Å². The first-order valence-electron chi connectivity index (χ1n) is 10.4. The van der Waals surface area contributed by atoms with Crippen molar-refractivity contribution in [1.29, 1.82) is 0 Å². The van der Waals surface area contributed by atoms with Crippen LogP contribution in [0.2, 0.25) is 0 Å². The molecule has 0 atom stereocenters. The molecule has 0 aromatic heterocycles. The van der Waals surface area contributed by atoms with E-state index in [0.29, 0.717) is 30.8 Å². The SMILES string of the molecule is Nc1ccccc1CCC(=O)Nc1ccc(NC(=O)CN2CCCCCC2)cc1. The van der Waals surface area contributed by atoms with E-state index in [1.807, 2.05) is 36.4 Å². The third-order valence-electron chi connectivity index (χ3n) is 5.19. The van der Waals surface area contributed by atoms with Crippen molar-refractivity contribution in [3.05, 3.63) is 54.1 Å². The minimum Gasteiger partial charge on any atom is -0.399 e. The summed E-state index contributed by atoms with van der Waals surface area (Å²) in [5.41, 5.74) is 9.04. The molecule has 0 spiro atoms. The van der Waals surface area contributed by atoms with Crippen LogP contribution in [0.15, 0.2) is 48.5 Å². The number of benzene rings is 2. The van der Waals surface area contributed by atoms with Crippen molar-refractivity contribution in [1.82, 2.24) is 4.90 Å². The standard InChI is InChI=1S/C23H30N4O2/c24-21-8-4-3-7-18(21)9-14-22(28)25-19-10-12-20(13-11-19)26-23(29)17-27-15-5-1-2-6-16-27/h3-4,7-8,10-13H,1-2,5-6,9,14-17,24H2,(H,25,28)(H,26,29). The summed E-state index contributed by atoms with van der Waals surface area (Å²) in [5, 5.41) is 5.82. The van der Waals surface area contributed by atoms with Crippen LogP contribution >= 0.6 is 0 Å². The molecule has 4 N–H and O–H groups in total. The van der Waals surface area contributed by atoms with Crippen LogP contribution in [0.3, 0.4) is 0 Å². The normalized spacial score (nSPS) is 14.8. The second-order valence-electron chi connectivity index (χ2n) is 7.56. The van der Waals surface area contributed by atoms with E-state index in [1.54, 1.807) is 12.1 Å². The second kappa shape index (κ2) is 10.6. The fourth-order valence-corrected chi connectivity index (χ4v) is 3.57. The zero-order valence-corrected chi connectivity index (χ0v) is 16.8. The predicted octanol–water partition coefficient (Wildman–Crippen LogP) is 3.65. The molecule has 2 aromatic rings. The fraction of sp³-hybridized carbons (Fsp3) is 0.391. The lowest BCUT2D eigenvalue weighted by Gasteiger charge is -2.19. The summed E-state index contributed by atoms with van der Waals surface area (Å²) in [4.78, 5) is 26.7. The maximum absolute atomic E-state index is 12.3. The number of nitrogen functional groups attached to an aromatic ring is 1. The van der Waals surface area contributed by atoms with Gasteiger partial charge in [0.15, 0.2) is 0 Å². The summed E-state index contributed by atoms with van der Waals surface area (Å²) in [6, 6.07) is 14.8. The Hall–Kier alpha value is -2.86. The number of carbonyl (C=O) groups is 2. The Morgan fingerprint density at radius 1 is 0.828 bits per heavy atom. The van der Waals surface area contributed by atoms with E-state index < -0.39 is 0 Å². The average molecular weight is 395 g/mol. The first kappa shape index (κ1) is 20.9. The molecule has 1 fully saturated rings. The highest BCUT2D eigenvalue weighted by Crippen LogP contribution is 2.16. The molecule has 0 radical (unpaired) electrons. The summed E-state index contributed by atoms with van der Waals surface area (Å²) in [6.07, 6.45) is 5.80. The van der Waals surface area contributed by atoms with Gasteiger partial charge in [0, 0.05) is 23.5 Å². The molecule has 29 heavy (non-hydrogen) atoms. The van der Waals surface area contributed by atoms with E-state index in [4.69, 9.17) is 5.73 Å². The molecule has 1 heterocycles.